The topological polar surface area (TPSA) is 87.7 Å². The zero-order chi connectivity index (χ0) is 31.4. The number of nitrogens with zero attached hydrogens (tertiary/aromatic N) is 1. The number of hydrogen-bond donors (Lipinski definition) is 2. The van der Waals surface area contributed by atoms with Gasteiger partial charge in [-0.15, -0.1) is 11.3 Å². The first-order valence-electron chi connectivity index (χ1n) is 17.1. The summed E-state index contributed by atoms with van der Waals surface area (Å²) in [6.45, 7) is 7.39. The fourth-order valence-electron chi connectivity index (χ4n) is 6.12. The number of rotatable bonds is 22. The van der Waals surface area contributed by atoms with Crippen molar-refractivity contribution in [2.24, 2.45) is 0 Å². The Hall–Kier alpha value is -2.71. The predicted octanol–water partition coefficient (Wildman–Crippen LogP) is 7.01. The van der Waals surface area contributed by atoms with Gasteiger partial charge in [-0.2, -0.15) is 0 Å². The zero-order valence-corrected chi connectivity index (χ0v) is 28.0. The number of ether oxygens (including phenoxy) is 1. The Bertz CT molecular complexity index is 1120. The van der Waals surface area contributed by atoms with E-state index < -0.39 is 0 Å². The van der Waals surface area contributed by atoms with Crippen molar-refractivity contribution in [1.29, 1.82) is 0 Å². The molecule has 8 heteroatoms. The molecule has 0 bridgehead atoms. The molecule has 1 aliphatic rings. The lowest BCUT2D eigenvalue weighted by Gasteiger charge is -2.35. The Morgan fingerprint density at radius 1 is 0.864 bits per heavy atom. The van der Waals surface area contributed by atoms with E-state index in [2.05, 4.69) is 46.0 Å². The van der Waals surface area contributed by atoms with E-state index in [9.17, 15) is 14.4 Å². The molecule has 7 nitrogen and oxygen atoms in total. The fraction of sp³-hybridized carbons (Fsp3) is 0.639. The summed E-state index contributed by atoms with van der Waals surface area (Å²) >= 11 is 1.84. The Balaban J connectivity index is 1.27. The highest BCUT2D eigenvalue weighted by molar-refractivity contribution is 7.09. The van der Waals surface area contributed by atoms with Crippen molar-refractivity contribution in [1.82, 2.24) is 15.5 Å². The van der Waals surface area contributed by atoms with E-state index in [-0.39, 0.29) is 24.2 Å². The van der Waals surface area contributed by atoms with Crippen molar-refractivity contribution in [3.05, 3.63) is 51.7 Å². The van der Waals surface area contributed by atoms with Crippen LogP contribution in [0.3, 0.4) is 0 Å². The van der Waals surface area contributed by atoms with Crippen molar-refractivity contribution in [2.75, 3.05) is 26.2 Å². The van der Waals surface area contributed by atoms with Gasteiger partial charge in [0.15, 0.2) is 0 Å². The van der Waals surface area contributed by atoms with Crippen LogP contribution >= 0.6 is 11.3 Å². The molecule has 0 fully saturated rings. The average Bonchev–Trinajstić information content (AvgIpc) is 3.54. The molecule has 0 saturated carbocycles. The highest BCUT2D eigenvalue weighted by atomic mass is 32.1. The molecule has 1 aliphatic carbocycles. The van der Waals surface area contributed by atoms with Crippen LogP contribution in [0.4, 0.5) is 0 Å². The molecular formula is C36H55N3O4S. The standard InChI is InChI=1S/C36H55N3O4S/c1-3-25-39(26-23-31-16-14-27-44-31)30-20-21-32-29(28-30)15-13-17-33(32)43-36(42)22-24-38-35(41)19-12-10-8-6-5-7-9-11-18-34(40)37-4-2/h13-17,27,30H,3-12,18-26,28H2,1-2H3,(H,37,40)(H,38,41)/t30-/m0/s1. The molecule has 1 heterocycles. The molecule has 2 N–H and O–H groups in total. The molecule has 0 spiro atoms. The molecule has 2 aromatic rings. The minimum Gasteiger partial charge on any atom is -0.426 e. The summed E-state index contributed by atoms with van der Waals surface area (Å²) in [5.41, 5.74) is 2.45. The molecule has 0 radical (unpaired) electrons. The largest absolute Gasteiger partial charge is 0.426 e. The molecule has 44 heavy (non-hydrogen) atoms. The van der Waals surface area contributed by atoms with Crippen LogP contribution in [0.5, 0.6) is 5.75 Å². The first-order valence-corrected chi connectivity index (χ1v) is 18.0. The number of hydrogen-bond acceptors (Lipinski definition) is 6. The lowest BCUT2D eigenvalue weighted by molar-refractivity contribution is -0.134. The van der Waals surface area contributed by atoms with Gasteiger partial charge in [0.05, 0.1) is 6.42 Å². The molecule has 1 aromatic carbocycles. The van der Waals surface area contributed by atoms with Gasteiger partial charge < -0.3 is 15.4 Å². The molecule has 2 amide bonds. The van der Waals surface area contributed by atoms with Gasteiger partial charge >= 0.3 is 5.97 Å². The highest BCUT2D eigenvalue weighted by Gasteiger charge is 2.26. The number of amides is 2. The van der Waals surface area contributed by atoms with Crippen LogP contribution in [0, 0.1) is 0 Å². The predicted molar refractivity (Wildman–Crippen MR) is 180 cm³/mol. The first-order chi connectivity index (χ1) is 21.5. The first kappa shape index (κ1) is 35.8. The van der Waals surface area contributed by atoms with E-state index in [1.54, 1.807) is 0 Å². The molecule has 0 unspecified atom stereocenters. The van der Waals surface area contributed by atoms with E-state index in [0.29, 0.717) is 37.7 Å². The second-order valence-corrected chi connectivity index (χ2v) is 13.0. The molecule has 244 valence electrons. The van der Waals surface area contributed by atoms with Crippen molar-refractivity contribution in [3.63, 3.8) is 0 Å². The third kappa shape index (κ3) is 13.5. The van der Waals surface area contributed by atoms with Gasteiger partial charge in [-0.1, -0.05) is 63.6 Å². The summed E-state index contributed by atoms with van der Waals surface area (Å²) in [7, 11) is 0. The van der Waals surface area contributed by atoms with Crippen LogP contribution in [0.2, 0.25) is 0 Å². The maximum Gasteiger partial charge on any atom is 0.312 e. The van der Waals surface area contributed by atoms with Crippen LogP contribution in [-0.4, -0.2) is 54.9 Å². The fourth-order valence-corrected chi connectivity index (χ4v) is 6.81. The second-order valence-electron chi connectivity index (χ2n) is 12.0. The Morgan fingerprint density at radius 3 is 2.23 bits per heavy atom. The minimum atomic E-state index is -0.296. The number of thiophene rings is 1. The maximum atomic E-state index is 12.6. The Labute approximate surface area is 269 Å². The van der Waals surface area contributed by atoms with E-state index in [1.165, 1.54) is 23.3 Å². The van der Waals surface area contributed by atoms with Crippen molar-refractivity contribution in [2.45, 2.75) is 123 Å². The molecule has 1 aromatic heterocycles. The van der Waals surface area contributed by atoms with Gasteiger partial charge in [0.25, 0.3) is 0 Å². The van der Waals surface area contributed by atoms with E-state index >= 15 is 0 Å². The zero-order valence-electron chi connectivity index (χ0n) is 27.2. The van der Waals surface area contributed by atoms with Crippen molar-refractivity contribution < 1.29 is 19.1 Å². The van der Waals surface area contributed by atoms with Gasteiger partial charge in [-0.3, -0.25) is 19.3 Å². The van der Waals surface area contributed by atoms with Gasteiger partial charge in [0, 0.05) is 43.4 Å². The van der Waals surface area contributed by atoms with E-state index in [0.717, 1.165) is 89.3 Å². The molecule has 0 saturated heterocycles. The number of carbonyl (C=O) groups excluding carboxylic acids is 3. The minimum absolute atomic E-state index is 0.00185. The van der Waals surface area contributed by atoms with Crippen molar-refractivity contribution in [3.8, 4) is 5.75 Å². The highest BCUT2D eigenvalue weighted by Crippen LogP contribution is 2.32. The monoisotopic (exact) mass is 625 g/mol. The third-order valence-electron chi connectivity index (χ3n) is 8.47. The van der Waals surface area contributed by atoms with Crippen LogP contribution in [0.1, 0.15) is 113 Å². The quantitative estimate of drug-likeness (QED) is 0.0835. The summed E-state index contributed by atoms with van der Waals surface area (Å²) in [5, 5.41) is 7.87. The number of benzene rings is 1. The lowest BCUT2D eigenvalue weighted by Crippen LogP contribution is -2.41. The number of fused-ring (bicyclic) bond motifs is 1. The van der Waals surface area contributed by atoms with Crippen LogP contribution in [0.25, 0.3) is 0 Å². The SMILES string of the molecule is CCCN(CCc1cccs1)[C@H]1CCc2c(cccc2OC(=O)CCNC(=O)CCCCCCCCCCC(=O)NCC)C1. The normalized spacial score (nSPS) is 14.3. The Morgan fingerprint density at radius 2 is 1.57 bits per heavy atom. The molecular weight excluding hydrogens is 570 g/mol. The van der Waals surface area contributed by atoms with Gasteiger partial charge in [-0.25, -0.2) is 0 Å². The number of nitrogens with one attached hydrogen (secondary N) is 2. The van der Waals surface area contributed by atoms with Crippen LogP contribution in [-0.2, 0) is 33.6 Å². The maximum absolute atomic E-state index is 12.6. The molecule has 3 rings (SSSR count). The summed E-state index contributed by atoms with van der Waals surface area (Å²) < 4.78 is 5.80. The van der Waals surface area contributed by atoms with E-state index in [4.69, 9.17) is 4.74 Å². The summed E-state index contributed by atoms with van der Waals surface area (Å²) in [5.74, 6) is 0.540. The summed E-state index contributed by atoms with van der Waals surface area (Å²) in [6, 6.07) is 10.9. The summed E-state index contributed by atoms with van der Waals surface area (Å²) in [6.07, 6.45) is 15.1. The smallest absolute Gasteiger partial charge is 0.312 e. The van der Waals surface area contributed by atoms with Crippen molar-refractivity contribution >= 4 is 29.1 Å². The van der Waals surface area contributed by atoms with Crippen LogP contribution < -0.4 is 15.4 Å². The third-order valence-corrected chi connectivity index (χ3v) is 9.41. The average molecular weight is 626 g/mol. The molecule has 1 atom stereocenters. The number of unbranched alkanes of at least 4 members (excludes halogenated alkanes) is 7. The number of carbonyl (C=O) groups is 3. The Kier molecular flexibility index (Phi) is 17.2. The molecule has 0 aliphatic heterocycles. The number of esters is 1. The van der Waals surface area contributed by atoms with Gasteiger partial charge in [-0.05, 0) is 87.1 Å². The van der Waals surface area contributed by atoms with Crippen LogP contribution in [0.15, 0.2) is 35.7 Å². The van der Waals surface area contributed by atoms with E-state index in [1.807, 2.05) is 30.4 Å². The van der Waals surface area contributed by atoms with Gasteiger partial charge in [0.1, 0.15) is 5.75 Å². The second kappa shape index (κ2) is 21.1. The van der Waals surface area contributed by atoms with Gasteiger partial charge in [0.2, 0.25) is 11.8 Å². The lowest BCUT2D eigenvalue weighted by atomic mass is 9.86. The summed E-state index contributed by atoms with van der Waals surface area (Å²) in [4.78, 5) is 40.4.